The SMILES string of the molecule is COCC(C)N=C(NN)N(CC(C)C)C1CCCC1. The summed E-state index contributed by atoms with van der Waals surface area (Å²) in [4.78, 5) is 7.02. The van der Waals surface area contributed by atoms with Crippen LogP contribution in [-0.4, -0.2) is 43.2 Å². The molecule has 5 nitrogen and oxygen atoms in total. The fourth-order valence-corrected chi connectivity index (χ4v) is 2.70. The van der Waals surface area contributed by atoms with Crippen LogP contribution in [0.3, 0.4) is 0 Å². The van der Waals surface area contributed by atoms with Crippen molar-refractivity contribution in [2.75, 3.05) is 20.3 Å². The first-order valence-electron chi connectivity index (χ1n) is 7.38. The molecule has 0 aromatic rings. The van der Waals surface area contributed by atoms with Gasteiger partial charge in [-0.05, 0) is 25.7 Å². The monoisotopic (exact) mass is 270 g/mol. The van der Waals surface area contributed by atoms with E-state index in [2.05, 4.69) is 29.2 Å². The highest BCUT2D eigenvalue weighted by molar-refractivity contribution is 5.80. The van der Waals surface area contributed by atoms with E-state index >= 15 is 0 Å². The topological polar surface area (TPSA) is 62.9 Å². The Morgan fingerprint density at radius 2 is 2.00 bits per heavy atom. The summed E-state index contributed by atoms with van der Waals surface area (Å²) in [5, 5.41) is 0. The van der Waals surface area contributed by atoms with Crippen molar-refractivity contribution in [3.8, 4) is 0 Å². The predicted octanol–water partition coefficient (Wildman–Crippen LogP) is 1.74. The van der Waals surface area contributed by atoms with Crippen LogP contribution in [0.5, 0.6) is 0 Å². The second-order valence-electron chi connectivity index (χ2n) is 5.89. The first-order valence-corrected chi connectivity index (χ1v) is 7.38. The van der Waals surface area contributed by atoms with Gasteiger partial charge in [0.05, 0.1) is 12.6 Å². The standard InChI is InChI=1S/C14H30N4O/c1-11(2)9-18(13-7-5-6-8-13)14(17-15)16-12(3)10-19-4/h11-13H,5-10,15H2,1-4H3,(H,16,17). The molecule has 0 saturated heterocycles. The highest BCUT2D eigenvalue weighted by Crippen LogP contribution is 2.24. The number of hydrogen-bond acceptors (Lipinski definition) is 3. The summed E-state index contributed by atoms with van der Waals surface area (Å²) in [5.41, 5.74) is 2.79. The van der Waals surface area contributed by atoms with Crippen LogP contribution < -0.4 is 11.3 Å². The summed E-state index contributed by atoms with van der Waals surface area (Å²) in [6.07, 6.45) is 5.10. The molecule has 0 aromatic carbocycles. The van der Waals surface area contributed by atoms with Gasteiger partial charge in [0.2, 0.25) is 5.96 Å². The summed E-state index contributed by atoms with van der Waals surface area (Å²) < 4.78 is 5.14. The summed E-state index contributed by atoms with van der Waals surface area (Å²) in [6.45, 7) is 8.12. The number of rotatable bonds is 6. The largest absolute Gasteiger partial charge is 0.382 e. The maximum atomic E-state index is 5.70. The highest BCUT2D eigenvalue weighted by atomic mass is 16.5. The van der Waals surface area contributed by atoms with Crippen LogP contribution >= 0.6 is 0 Å². The molecule has 3 N–H and O–H groups in total. The van der Waals surface area contributed by atoms with E-state index in [1.165, 1.54) is 25.7 Å². The molecule has 1 fully saturated rings. The van der Waals surface area contributed by atoms with Gasteiger partial charge in [0.15, 0.2) is 0 Å². The molecule has 19 heavy (non-hydrogen) atoms. The lowest BCUT2D eigenvalue weighted by Gasteiger charge is -2.33. The molecule has 112 valence electrons. The lowest BCUT2D eigenvalue weighted by Crippen LogP contribution is -2.50. The van der Waals surface area contributed by atoms with Gasteiger partial charge >= 0.3 is 0 Å². The second-order valence-corrected chi connectivity index (χ2v) is 5.89. The highest BCUT2D eigenvalue weighted by Gasteiger charge is 2.25. The third-order valence-corrected chi connectivity index (χ3v) is 3.48. The number of aliphatic imine (C=N–C) groups is 1. The molecule has 0 aliphatic heterocycles. The smallest absolute Gasteiger partial charge is 0.209 e. The lowest BCUT2D eigenvalue weighted by molar-refractivity contribution is 0.184. The maximum absolute atomic E-state index is 5.70. The van der Waals surface area contributed by atoms with Crippen LogP contribution in [0, 0.1) is 5.92 Å². The van der Waals surface area contributed by atoms with E-state index in [9.17, 15) is 0 Å². The van der Waals surface area contributed by atoms with E-state index in [-0.39, 0.29) is 6.04 Å². The molecule has 0 bridgehead atoms. The first kappa shape index (κ1) is 16.2. The predicted molar refractivity (Wildman–Crippen MR) is 79.9 cm³/mol. The van der Waals surface area contributed by atoms with E-state index in [1.54, 1.807) is 7.11 Å². The number of ether oxygens (including phenoxy) is 1. The Morgan fingerprint density at radius 3 is 2.47 bits per heavy atom. The minimum absolute atomic E-state index is 0.118. The first-order chi connectivity index (χ1) is 9.08. The van der Waals surface area contributed by atoms with Crippen molar-refractivity contribution < 1.29 is 4.74 Å². The molecular formula is C14H30N4O. The fraction of sp³-hybridized carbons (Fsp3) is 0.929. The number of hydrazine groups is 1. The minimum Gasteiger partial charge on any atom is -0.382 e. The van der Waals surface area contributed by atoms with Gasteiger partial charge in [0.25, 0.3) is 0 Å². The van der Waals surface area contributed by atoms with Crippen LogP contribution in [0.4, 0.5) is 0 Å². The molecular weight excluding hydrogens is 240 g/mol. The summed E-state index contributed by atoms with van der Waals surface area (Å²) >= 11 is 0. The van der Waals surface area contributed by atoms with Crippen LogP contribution in [-0.2, 0) is 4.74 Å². The van der Waals surface area contributed by atoms with Crippen molar-refractivity contribution in [3.63, 3.8) is 0 Å². The maximum Gasteiger partial charge on any atom is 0.209 e. The van der Waals surface area contributed by atoms with Gasteiger partial charge in [-0.15, -0.1) is 0 Å². The Balaban J connectivity index is 2.79. The average molecular weight is 270 g/mol. The summed E-state index contributed by atoms with van der Waals surface area (Å²) in [5.74, 6) is 7.10. The van der Waals surface area contributed by atoms with Crippen LogP contribution in [0.2, 0.25) is 0 Å². The van der Waals surface area contributed by atoms with Crippen LogP contribution in [0.15, 0.2) is 4.99 Å². The molecule has 0 spiro atoms. The van der Waals surface area contributed by atoms with Crippen molar-refractivity contribution in [2.45, 2.75) is 58.5 Å². The van der Waals surface area contributed by atoms with E-state index in [0.29, 0.717) is 18.6 Å². The third kappa shape index (κ3) is 5.37. The molecule has 1 rings (SSSR count). The lowest BCUT2D eigenvalue weighted by atomic mass is 10.1. The second kappa shape index (κ2) is 8.38. The van der Waals surface area contributed by atoms with Crippen molar-refractivity contribution in [1.29, 1.82) is 0 Å². The molecule has 1 saturated carbocycles. The Kier molecular flexibility index (Phi) is 7.16. The van der Waals surface area contributed by atoms with E-state index in [4.69, 9.17) is 10.6 Å². The molecule has 1 atom stereocenters. The Morgan fingerprint density at radius 1 is 1.37 bits per heavy atom. The third-order valence-electron chi connectivity index (χ3n) is 3.48. The van der Waals surface area contributed by atoms with Gasteiger partial charge in [0, 0.05) is 19.7 Å². The molecule has 1 aliphatic carbocycles. The Bertz CT molecular complexity index is 275. The number of hydrogen-bond donors (Lipinski definition) is 2. The van der Waals surface area contributed by atoms with Gasteiger partial charge in [-0.25, -0.2) is 10.8 Å². The number of nitrogens with two attached hydrogens (primary N) is 1. The van der Waals surface area contributed by atoms with E-state index in [1.807, 2.05) is 6.92 Å². The number of methoxy groups -OCH3 is 1. The van der Waals surface area contributed by atoms with Crippen molar-refractivity contribution in [1.82, 2.24) is 10.3 Å². The molecule has 0 radical (unpaired) electrons. The zero-order chi connectivity index (χ0) is 14.3. The van der Waals surface area contributed by atoms with E-state index < -0.39 is 0 Å². The van der Waals surface area contributed by atoms with Gasteiger partial charge in [0.1, 0.15) is 0 Å². The fourth-order valence-electron chi connectivity index (χ4n) is 2.70. The number of nitrogens with zero attached hydrogens (tertiary/aromatic N) is 2. The van der Waals surface area contributed by atoms with Crippen molar-refractivity contribution in [3.05, 3.63) is 0 Å². The van der Waals surface area contributed by atoms with Crippen molar-refractivity contribution in [2.24, 2.45) is 16.8 Å². The quantitative estimate of drug-likeness (QED) is 0.334. The summed E-state index contributed by atoms with van der Waals surface area (Å²) in [7, 11) is 1.70. The van der Waals surface area contributed by atoms with Gasteiger partial charge in [-0.3, -0.25) is 5.43 Å². The van der Waals surface area contributed by atoms with Crippen LogP contribution in [0.25, 0.3) is 0 Å². The normalized spacial score (nSPS) is 18.9. The number of nitrogens with one attached hydrogen (secondary N) is 1. The zero-order valence-electron chi connectivity index (χ0n) is 12.9. The Labute approximate surface area is 117 Å². The molecule has 0 amide bonds. The van der Waals surface area contributed by atoms with Gasteiger partial charge in [-0.1, -0.05) is 26.7 Å². The van der Waals surface area contributed by atoms with Gasteiger partial charge in [-0.2, -0.15) is 0 Å². The minimum atomic E-state index is 0.118. The van der Waals surface area contributed by atoms with E-state index in [0.717, 1.165) is 12.5 Å². The molecule has 0 heterocycles. The Hall–Kier alpha value is -0.810. The van der Waals surface area contributed by atoms with Crippen LogP contribution in [0.1, 0.15) is 46.5 Å². The molecule has 5 heteroatoms. The summed E-state index contributed by atoms with van der Waals surface area (Å²) in [6, 6.07) is 0.694. The molecule has 1 aliphatic rings. The molecule has 1 unspecified atom stereocenters. The number of guanidine groups is 1. The molecule has 0 aromatic heterocycles. The average Bonchev–Trinajstić information content (AvgIpc) is 2.87. The zero-order valence-corrected chi connectivity index (χ0v) is 12.9. The van der Waals surface area contributed by atoms with Gasteiger partial charge < -0.3 is 9.64 Å². The van der Waals surface area contributed by atoms with Crippen molar-refractivity contribution >= 4 is 5.96 Å².